The van der Waals surface area contributed by atoms with Crippen molar-refractivity contribution in [3.8, 4) is 0 Å². The number of benzene rings is 2. The number of nitrogens with zero attached hydrogens (tertiary/aromatic N) is 3. The molecule has 1 amide bonds. The van der Waals surface area contributed by atoms with Gasteiger partial charge in [0.15, 0.2) is 0 Å². The molecule has 1 N–H and O–H groups in total. The lowest BCUT2D eigenvalue weighted by Crippen LogP contribution is -2.28. The number of nitrogens with one attached hydrogen (secondary N) is 1. The number of carbonyl (C=O) groups excluding carboxylic acids is 1. The minimum atomic E-state index is -4.96. The number of non-ortho nitro benzene ring substituents is 1. The Morgan fingerprint density at radius 2 is 1.93 bits per heavy atom. The topological polar surface area (TPSA) is 107 Å². The van der Waals surface area contributed by atoms with Crippen LogP contribution in [0, 0.1) is 15.9 Å². The number of aromatic nitrogens is 2. The highest BCUT2D eigenvalue weighted by Gasteiger charge is 2.35. The van der Waals surface area contributed by atoms with Crippen molar-refractivity contribution < 1.29 is 27.3 Å². The van der Waals surface area contributed by atoms with Crippen molar-refractivity contribution in [1.29, 1.82) is 0 Å². The molecule has 0 aliphatic carbocycles. The smallest absolute Gasteiger partial charge is 0.324 e. The maximum atomic E-state index is 13.2. The highest BCUT2D eigenvalue weighted by Crippen LogP contribution is 2.37. The van der Waals surface area contributed by atoms with Crippen molar-refractivity contribution in [2.24, 2.45) is 0 Å². The third kappa shape index (κ3) is 4.20. The van der Waals surface area contributed by atoms with Crippen LogP contribution in [0.3, 0.4) is 0 Å². The first-order valence-electron chi connectivity index (χ1n) is 7.86. The third-order valence-corrected chi connectivity index (χ3v) is 3.89. The Balaban J connectivity index is 1.89. The van der Waals surface area contributed by atoms with E-state index in [9.17, 15) is 37.3 Å². The Bertz CT molecular complexity index is 1190. The number of hydrogen-bond donors (Lipinski definition) is 1. The normalized spacial score (nSPS) is 11.4. The largest absolute Gasteiger partial charge is 0.418 e. The van der Waals surface area contributed by atoms with Gasteiger partial charge in [0.2, 0.25) is 5.91 Å². The first-order valence-corrected chi connectivity index (χ1v) is 7.86. The molecule has 0 aliphatic heterocycles. The van der Waals surface area contributed by atoms with E-state index in [4.69, 9.17) is 0 Å². The van der Waals surface area contributed by atoms with Gasteiger partial charge in [-0.1, -0.05) is 0 Å². The number of rotatable bonds is 4. The molecule has 2 aromatic carbocycles. The highest BCUT2D eigenvalue weighted by atomic mass is 19.4. The Morgan fingerprint density at radius 1 is 1.21 bits per heavy atom. The van der Waals surface area contributed by atoms with Gasteiger partial charge in [-0.05, 0) is 18.2 Å². The molecule has 0 spiro atoms. The van der Waals surface area contributed by atoms with Crippen molar-refractivity contribution >= 4 is 28.2 Å². The fraction of sp³-hybridized carbons (Fsp3) is 0.118. The lowest BCUT2D eigenvalue weighted by molar-refractivity contribution is -0.385. The minimum Gasteiger partial charge on any atom is -0.324 e. The van der Waals surface area contributed by atoms with E-state index < -0.39 is 51.9 Å². The van der Waals surface area contributed by atoms with Gasteiger partial charge < -0.3 is 5.32 Å². The predicted octanol–water partition coefficient (Wildman–Crippen LogP) is 3.10. The number of anilines is 1. The zero-order valence-corrected chi connectivity index (χ0v) is 14.2. The summed E-state index contributed by atoms with van der Waals surface area (Å²) in [5.74, 6) is -1.60. The Hall–Kier alpha value is -3.83. The monoisotopic (exact) mass is 410 g/mol. The average Bonchev–Trinajstić information content (AvgIpc) is 2.63. The van der Waals surface area contributed by atoms with E-state index in [0.717, 1.165) is 35.2 Å². The van der Waals surface area contributed by atoms with Crippen LogP contribution in [0.15, 0.2) is 47.5 Å². The molecule has 150 valence electrons. The van der Waals surface area contributed by atoms with Crippen LogP contribution in [0.1, 0.15) is 5.56 Å². The molecule has 29 heavy (non-hydrogen) atoms. The summed E-state index contributed by atoms with van der Waals surface area (Å²) >= 11 is 0. The molecular formula is C17H10F4N4O4. The fourth-order valence-electron chi connectivity index (χ4n) is 2.58. The Kier molecular flexibility index (Phi) is 5.01. The molecular weight excluding hydrogens is 400 g/mol. The first kappa shape index (κ1) is 19.9. The van der Waals surface area contributed by atoms with E-state index in [-0.39, 0.29) is 10.9 Å². The zero-order valence-electron chi connectivity index (χ0n) is 14.2. The van der Waals surface area contributed by atoms with Gasteiger partial charge in [-0.15, -0.1) is 0 Å². The second-order valence-electron chi connectivity index (χ2n) is 5.87. The van der Waals surface area contributed by atoms with E-state index in [1.807, 2.05) is 5.32 Å². The second kappa shape index (κ2) is 7.30. The van der Waals surface area contributed by atoms with Crippen LogP contribution < -0.4 is 10.9 Å². The number of nitro benzene ring substituents is 1. The SMILES string of the molecule is O=C(Cn1cnc2cc(F)ccc2c1=O)Nc1ccc([N+](=O)[O-])cc1C(F)(F)F. The lowest BCUT2D eigenvalue weighted by atomic mass is 10.1. The van der Waals surface area contributed by atoms with Crippen LogP contribution >= 0.6 is 0 Å². The number of alkyl halides is 3. The number of carbonyl (C=O) groups is 1. The minimum absolute atomic E-state index is 0.0213. The van der Waals surface area contributed by atoms with Crippen LogP contribution in [0.2, 0.25) is 0 Å². The summed E-state index contributed by atoms with van der Waals surface area (Å²) in [6.07, 6.45) is -4.00. The summed E-state index contributed by atoms with van der Waals surface area (Å²) in [7, 11) is 0. The standard InChI is InChI=1S/C17H10F4N4O4/c18-9-1-3-11-14(5-9)22-8-24(16(11)27)7-15(26)23-13-4-2-10(25(28)29)6-12(13)17(19,20)21/h1-6,8H,7H2,(H,23,26). The fourth-order valence-corrected chi connectivity index (χ4v) is 2.58. The van der Waals surface area contributed by atoms with Gasteiger partial charge in [-0.3, -0.25) is 24.3 Å². The maximum absolute atomic E-state index is 13.2. The summed E-state index contributed by atoms with van der Waals surface area (Å²) in [6, 6.07) is 5.09. The first-order chi connectivity index (χ1) is 13.6. The predicted molar refractivity (Wildman–Crippen MR) is 92.7 cm³/mol. The van der Waals surface area contributed by atoms with E-state index in [1.165, 1.54) is 6.07 Å². The molecule has 3 aromatic rings. The molecule has 1 heterocycles. The van der Waals surface area contributed by atoms with Gasteiger partial charge in [-0.25, -0.2) is 9.37 Å². The number of hydrogen-bond acceptors (Lipinski definition) is 5. The molecule has 3 rings (SSSR count). The van der Waals surface area contributed by atoms with Crippen molar-refractivity contribution in [1.82, 2.24) is 9.55 Å². The van der Waals surface area contributed by atoms with Crippen LogP contribution in [-0.4, -0.2) is 20.4 Å². The molecule has 0 saturated heterocycles. The van der Waals surface area contributed by atoms with Gasteiger partial charge in [-0.2, -0.15) is 13.2 Å². The molecule has 1 aromatic heterocycles. The highest BCUT2D eigenvalue weighted by molar-refractivity contribution is 5.92. The summed E-state index contributed by atoms with van der Waals surface area (Å²) < 4.78 is 53.5. The summed E-state index contributed by atoms with van der Waals surface area (Å²) in [4.78, 5) is 38.0. The van der Waals surface area contributed by atoms with Crippen LogP contribution in [0.5, 0.6) is 0 Å². The Labute approximate surface area is 158 Å². The van der Waals surface area contributed by atoms with Crippen molar-refractivity contribution in [3.63, 3.8) is 0 Å². The van der Waals surface area contributed by atoms with Crippen LogP contribution in [0.4, 0.5) is 28.9 Å². The molecule has 0 aliphatic rings. The summed E-state index contributed by atoms with van der Waals surface area (Å²) in [5, 5.41) is 12.7. The van der Waals surface area contributed by atoms with Crippen LogP contribution in [0.25, 0.3) is 10.9 Å². The molecule has 0 radical (unpaired) electrons. The molecule has 8 nitrogen and oxygen atoms in total. The molecule has 0 unspecified atom stereocenters. The molecule has 0 saturated carbocycles. The Morgan fingerprint density at radius 3 is 2.59 bits per heavy atom. The third-order valence-electron chi connectivity index (χ3n) is 3.89. The number of halogens is 4. The number of nitro groups is 1. The number of fused-ring (bicyclic) bond motifs is 1. The van der Waals surface area contributed by atoms with Gasteiger partial charge >= 0.3 is 6.18 Å². The average molecular weight is 410 g/mol. The quantitative estimate of drug-likeness (QED) is 0.404. The molecule has 12 heteroatoms. The summed E-state index contributed by atoms with van der Waals surface area (Å²) in [5.41, 5.74) is -3.53. The second-order valence-corrected chi connectivity index (χ2v) is 5.87. The maximum Gasteiger partial charge on any atom is 0.418 e. The summed E-state index contributed by atoms with van der Waals surface area (Å²) in [6.45, 7) is -0.673. The van der Waals surface area contributed by atoms with E-state index >= 15 is 0 Å². The van der Waals surface area contributed by atoms with E-state index in [0.29, 0.717) is 6.07 Å². The van der Waals surface area contributed by atoms with Gasteiger partial charge in [0.25, 0.3) is 11.2 Å². The number of amides is 1. The van der Waals surface area contributed by atoms with Gasteiger partial charge in [0, 0.05) is 18.2 Å². The zero-order chi connectivity index (χ0) is 21.3. The molecule has 0 bridgehead atoms. The van der Waals surface area contributed by atoms with Crippen molar-refractivity contribution in [3.05, 3.63) is 74.6 Å². The van der Waals surface area contributed by atoms with E-state index in [1.54, 1.807) is 0 Å². The van der Waals surface area contributed by atoms with Crippen molar-refractivity contribution in [2.75, 3.05) is 5.32 Å². The molecule has 0 atom stereocenters. The van der Waals surface area contributed by atoms with Crippen molar-refractivity contribution in [2.45, 2.75) is 12.7 Å². The van der Waals surface area contributed by atoms with Crippen LogP contribution in [-0.2, 0) is 17.5 Å². The van der Waals surface area contributed by atoms with Gasteiger partial charge in [0.1, 0.15) is 12.4 Å². The van der Waals surface area contributed by atoms with E-state index in [2.05, 4.69) is 4.98 Å². The lowest BCUT2D eigenvalue weighted by Gasteiger charge is -2.14. The molecule has 0 fully saturated rings. The van der Waals surface area contributed by atoms with Gasteiger partial charge in [0.05, 0.1) is 33.4 Å².